The lowest BCUT2D eigenvalue weighted by Crippen LogP contribution is -2.22. The molecule has 120 valence electrons. The van der Waals surface area contributed by atoms with Crippen molar-refractivity contribution in [2.24, 2.45) is 0 Å². The third-order valence-corrected chi connectivity index (χ3v) is 7.39. The van der Waals surface area contributed by atoms with Crippen molar-refractivity contribution in [3.63, 3.8) is 0 Å². The van der Waals surface area contributed by atoms with E-state index in [-0.39, 0.29) is 0 Å². The lowest BCUT2D eigenvalue weighted by Gasteiger charge is -2.15. The number of hydrogen-bond donors (Lipinski definition) is 0. The minimum Gasteiger partial charge on any atom is -0.293 e. The minimum atomic E-state index is 0.375. The molecule has 0 N–H and O–H groups in total. The molecule has 1 aromatic carbocycles. The Hall–Kier alpha value is -0.880. The summed E-state index contributed by atoms with van der Waals surface area (Å²) in [5.74, 6) is 2.86. The SMILES string of the molecule is CC(c1cscn1)c1c(CCN2CCSC2)sc2ccccc12. The average molecular weight is 361 g/mol. The van der Waals surface area contributed by atoms with Gasteiger partial charge in [-0.2, -0.15) is 0 Å². The molecule has 23 heavy (non-hydrogen) atoms. The van der Waals surface area contributed by atoms with E-state index in [0.29, 0.717) is 5.92 Å². The maximum atomic E-state index is 4.57. The number of aromatic nitrogens is 1. The number of thiazole rings is 1. The smallest absolute Gasteiger partial charge is 0.0794 e. The lowest BCUT2D eigenvalue weighted by molar-refractivity contribution is 0.361. The molecule has 3 aromatic rings. The van der Waals surface area contributed by atoms with Crippen LogP contribution in [0.1, 0.15) is 29.0 Å². The second kappa shape index (κ2) is 6.93. The van der Waals surface area contributed by atoms with Gasteiger partial charge in [-0.25, -0.2) is 4.98 Å². The predicted molar refractivity (Wildman–Crippen MR) is 104 cm³/mol. The molecule has 0 saturated carbocycles. The van der Waals surface area contributed by atoms with E-state index in [0.717, 1.165) is 6.42 Å². The lowest BCUT2D eigenvalue weighted by atomic mass is 9.94. The molecule has 1 atom stereocenters. The Kier molecular flexibility index (Phi) is 4.71. The Balaban J connectivity index is 1.69. The van der Waals surface area contributed by atoms with Crippen molar-refractivity contribution >= 4 is 44.5 Å². The Labute approximate surface area is 149 Å². The van der Waals surface area contributed by atoms with Crippen LogP contribution in [0.2, 0.25) is 0 Å². The fourth-order valence-corrected chi connectivity index (χ4v) is 6.22. The molecule has 2 nitrogen and oxygen atoms in total. The van der Waals surface area contributed by atoms with Crippen LogP contribution in [0.4, 0.5) is 0 Å². The maximum Gasteiger partial charge on any atom is 0.0794 e. The Morgan fingerprint density at radius 2 is 2.22 bits per heavy atom. The van der Waals surface area contributed by atoms with Crippen LogP contribution in [0, 0.1) is 0 Å². The van der Waals surface area contributed by atoms with E-state index in [1.54, 1.807) is 16.2 Å². The van der Waals surface area contributed by atoms with E-state index in [9.17, 15) is 0 Å². The standard InChI is InChI=1S/C18H20N2S3/c1-13(15-10-22-11-19-15)18-14-4-2-3-5-16(14)23-17(18)6-7-20-8-9-21-12-20/h2-5,10-11,13H,6-9,12H2,1H3. The van der Waals surface area contributed by atoms with Gasteiger partial charge >= 0.3 is 0 Å². The van der Waals surface area contributed by atoms with Gasteiger partial charge < -0.3 is 0 Å². The van der Waals surface area contributed by atoms with Crippen LogP contribution in [0.15, 0.2) is 35.2 Å². The average Bonchev–Trinajstić information content (AvgIpc) is 3.31. The summed E-state index contributed by atoms with van der Waals surface area (Å²) in [5, 5.41) is 3.61. The van der Waals surface area contributed by atoms with Crippen molar-refractivity contribution in [1.29, 1.82) is 0 Å². The molecular formula is C18H20N2S3. The highest BCUT2D eigenvalue weighted by atomic mass is 32.2. The molecule has 1 aliphatic heterocycles. The van der Waals surface area contributed by atoms with Crippen molar-refractivity contribution < 1.29 is 0 Å². The van der Waals surface area contributed by atoms with Crippen LogP contribution in [0.5, 0.6) is 0 Å². The summed E-state index contributed by atoms with van der Waals surface area (Å²) >= 11 is 5.72. The monoisotopic (exact) mass is 360 g/mol. The van der Waals surface area contributed by atoms with E-state index >= 15 is 0 Å². The highest BCUT2D eigenvalue weighted by molar-refractivity contribution is 7.99. The summed E-state index contributed by atoms with van der Waals surface area (Å²) < 4.78 is 1.41. The zero-order valence-corrected chi connectivity index (χ0v) is 15.6. The van der Waals surface area contributed by atoms with Gasteiger partial charge in [0.25, 0.3) is 0 Å². The zero-order chi connectivity index (χ0) is 15.6. The molecule has 0 bridgehead atoms. The highest BCUT2D eigenvalue weighted by Gasteiger charge is 2.21. The van der Waals surface area contributed by atoms with E-state index in [2.05, 4.69) is 58.2 Å². The normalized spacial score (nSPS) is 17.1. The van der Waals surface area contributed by atoms with Crippen molar-refractivity contribution in [3.05, 3.63) is 51.3 Å². The van der Waals surface area contributed by atoms with E-state index in [4.69, 9.17) is 0 Å². The van der Waals surface area contributed by atoms with Crippen LogP contribution in [-0.4, -0.2) is 34.6 Å². The first-order valence-electron chi connectivity index (χ1n) is 8.01. The predicted octanol–water partition coefficient (Wildman–Crippen LogP) is 5.06. The number of thiophene rings is 1. The number of benzene rings is 1. The van der Waals surface area contributed by atoms with Gasteiger partial charge in [-0.1, -0.05) is 25.1 Å². The summed E-state index contributed by atoms with van der Waals surface area (Å²) in [5.41, 5.74) is 4.65. The second-order valence-corrected chi connectivity index (χ2v) is 8.91. The molecule has 1 unspecified atom stereocenters. The van der Waals surface area contributed by atoms with Gasteiger partial charge in [0, 0.05) is 45.6 Å². The van der Waals surface area contributed by atoms with Gasteiger partial charge in [-0.15, -0.1) is 34.4 Å². The summed E-state index contributed by atoms with van der Waals surface area (Å²) in [4.78, 5) is 8.69. The quantitative estimate of drug-likeness (QED) is 0.633. The van der Waals surface area contributed by atoms with E-state index in [1.165, 1.54) is 46.1 Å². The molecule has 5 heteroatoms. The summed E-state index contributed by atoms with van der Waals surface area (Å²) in [6, 6.07) is 8.84. The first-order valence-corrected chi connectivity index (χ1v) is 10.9. The van der Waals surface area contributed by atoms with E-state index in [1.807, 2.05) is 16.8 Å². The molecule has 3 heterocycles. The first-order chi connectivity index (χ1) is 11.3. The van der Waals surface area contributed by atoms with Gasteiger partial charge in [0.1, 0.15) is 0 Å². The topological polar surface area (TPSA) is 16.1 Å². The molecule has 0 radical (unpaired) electrons. The molecule has 2 aromatic heterocycles. The van der Waals surface area contributed by atoms with Crippen molar-refractivity contribution in [2.45, 2.75) is 19.3 Å². The molecule has 4 rings (SSSR count). The van der Waals surface area contributed by atoms with E-state index < -0.39 is 0 Å². The highest BCUT2D eigenvalue weighted by Crippen LogP contribution is 2.39. The Morgan fingerprint density at radius 3 is 3.00 bits per heavy atom. The van der Waals surface area contributed by atoms with Crippen molar-refractivity contribution in [1.82, 2.24) is 9.88 Å². The molecule has 0 amide bonds. The van der Waals surface area contributed by atoms with Crippen LogP contribution in [0.25, 0.3) is 10.1 Å². The number of hydrogen-bond acceptors (Lipinski definition) is 5. The van der Waals surface area contributed by atoms with Crippen LogP contribution in [-0.2, 0) is 6.42 Å². The molecule has 1 fully saturated rings. The molecular weight excluding hydrogens is 340 g/mol. The second-order valence-electron chi connectivity index (χ2n) is 5.98. The summed E-state index contributed by atoms with van der Waals surface area (Å²) in [6.45, 7) is 4.72. The minimum absolute atomic E-state index is 0.375. The fraction of sp³-hybridized carbons (Fsp3) is 0.389. The third-order valence-electron chi connectivity index (χ3n) is 4.52. The largest absolute Gasteiger partial charge is 0.293 e. The third kappa shape index (κ3) is 3.20. The summed E-state index contributed by atoms with van der Waals surface area (Å²) in [6.07, 6.45) is 1.16. The van der Waals surface area contributed by atoms with Crippen LogP contribution < -0.4 is 0 Å². The number of nitrogens with zero attached hydrogens (tertiary/aromatic N) is 2. The first kappa shape index (κ1) is 15.6. The summed E-state index contributed by atoms with van der Waals surface area (Å²) in [7, 11) is 0. The Bertz CT molecular complexity index is 773. The Morgan fingerprint density at radius 1 is 1.30 bits per heavy atom. The van der Waals surface area contributed by atoms with Gasteiger partial charge in [0.05, 0.1) is 11.2 Å². The number of rotatable bonds is 5. The van der Waals surface area contributed by atoms with Crippen molar-refractivity contribution in [2.75, 3.05) is 24.7 Å². The fourth-order valence-electron chi connectivity index (χ4n) is 3.25. The van der Waals surface area contributed by atoms with Gasteiger partial charge in [-0.05, 0) is 23.4 Å². The zero-order valence-electron chi connectivity index (χ0n) is 13.2. The molecule has 0 aliphatic carbocycles. The van der Waals surface area contributed by atoms with Gasteiger partial charge in [0.15, 0.2) is 0 Å². The molecule has 1 saturated heterocycles. The maximum absolute atomic E-state index is 4.57. The van der Waals surface area contributed by atoms with Gasteiger partial charge in [0.2, 0.25) is 0 Å². The van der Waals surface area contributed by atoms with Crippen LogP contribution in [0.3, 0.4) is 0 Å². The number of fused-ring (bicyclic) bond motifs is 1. The number of thioether (sulfide) groups is 1. The van der Waals surface area contributed by atoms with Crippen molar-refractivity contribution in [3.8, 4) is 0 Å². The van der Waals surface area contributed by atoms with Crippen LogP contribution >= 0.6 is 34.4 Å². The molecule has 0 spiro atoms. The molecule has 1 aliphatic rings. The van der Waals surface area contributed by atoms with Gasteiger partial charge in [-0.3, -0.25) is 4.90 Å².